The van der Waals surface area contributed by atoms with Crippen LogP contribution < -0.4 is 5.73 Å². The first-order chi connectivity index (χ1) is 9.89. The van der Waals surface area contributed by atoms with E-state index < -0.39 is 0 Å². The molecule has 1 unspecified atom stereocenters. The average Bonchev–Trinajstić information content (AvgIpc) is 2.36. The molecule has 1 fully saturated rings. The molecule has 1 aromatic rings. The third-order valence-corrected chi connectivity index (χ3v) is 5.35. The topological polar surface area (TPSA) is 32.5 Å². The highest BCUT2D eigenvalue weighted by Crippen LogP contribution is 2.38. The fraction of sp³-hybridized carbons (Fsp3) is 0.625. The van der Waals surface area contributed by atoms with E-state index in [4.69, 9.17) is 5.73 Å². The van der Waals surface area contributed by atoms with Gasteiger partial charge in [-0.25, -0.2) is 4.39 Å². The van der Waals surface area contributed by atoms with Crippen LogP contribution in [0.1, 0.15) is 30.9 Å². The first-order valence-electron chi connectivity index (χ1n) is 7.42. The summed E-state index contributed by atoms with van der Waals surface area (Å²) in [7, 11) is 6.30. The van der Waals surface area contributed by atoms with Gasteiger partial charge in [0.1, 0.15) is 5.82 Å². The van der Waals surface area contributed by atoms with Crippen LogP contribution in [0.2, 0.25) is 0 Å². The third kappa shape index (κ3) is 3.47. The summed E-state index contributed by atoms with van der Waals surface area (Å²) < 4.78 is 15.0. The molecule has 0 heterocycles. The smallest absolute Gasteiger partial charge is 0.129 e. The molecular weight excluding hydrogens is 333 g/mol. The lowest BCUT2D eigenvalue weighted by Gasteiger charge is -2.50. The van der Waals surface area contributed by atoms with Crippen molar-refractivity contribution in [1.29, 1.82) is 0 Å². The minimum atomic E-state index is -0.195. The van der Waals surface area contributed by atoms with Crippen molar-refractivity contribution in [2.24, 2.45) is 5.73 Å². The first kappa shape index (κ1) is 16.9. The number of benzene rings is 1. The molecule has 0 amide bonds. The minimum absolute atomic E-state index is 0.0875. The average molecular weight is 358 g/mol. The molecule has 0 spiro atoms. The number of nitrogens with two attached hydrogens (primary N) is 1. The normalized spacial score (nSPS) is 18.9. The Morgan fingerprint density at radius 1 is 1.33 bits per heavy atom. The van der Waals surface area contributed by atoms with E-state index in [2.05, 4.69) is 39.8 Å². The first-order valence-corrected chi connectivity index (χ1v) is 8.21. The Labute approximate surface area is 135 Å². The van der Waals surface area contributed by atoms with Crippen LogP contribution in [0.25, 0.3) is 0 Å². The van der Waals surface area contributed by atoms with Crippen LogP contribution >= 0.6 is 15.9 Å². The van der Waals surface area contributed by atoms with E-state index in [0.717, 1.165) is 11.0 Å². The monoisotopic (exact) mass is 357 g/mol. The van der Waals surface area contributed by atoms with Crippen LogP contribution in [-0.2, 0) is 0 Å². The lowest BCUT2D eigenvalue weighted by atomic mass is 9.75. The van der Waals surface area contributed by atoms with Gasteiger partial charge in [-0.15, -0.1) is 0 Å². The maximum atomic E-state index is 14.2. The molecule has 2 rings (SSSR count). The zero-order chi connectivity index (χ0) is 15.6. The molecule has 0 saturated heterocycles. The molecule has 1 saturated carbocycles. The van der Waals surface area contributed by atoms with Gasteiger partial charge in [0.15, 0.2) is 0 Å². The number of likely N-dealkylation sites (N-methyl/N-ethyl adjacent to an activating group) is 2. The van der Waals surface area contributed by atoms with Gasteiger partial charge in [0.05, 0.1) is 0 Å². The van der Waals surface area contributed by atoms with E-state index in [1.165, 1.54) is 25.3 Å². The summed E-state index contributed by atoms with van der Waals surface area (Å²) in [5, 5.41) is 0. The lowest BCUT2D eigenvalue weighted by Crippen LogP contribution is -2.57. The van der Waals surface area contributed by atoms with Gasteiger partial charge in [-0.05, 0) is 52.5 Å². The largest absolute Gasteiger partial charge is 0.329 e. The van der Waals surface area contributed by atoms with Crippen molar-refractivity contribution in [2.75, 3.05) is 34.2 Å². The molecule has 21 heavy (non-hydrogen) atoms. The number of nitrogens with zero attached hydrogens (tertiary/aromatic N) is 2. The van der Waals surface area contributed by atoms with E-state index in [0.29, 0.717) is 12.1 Å². The van der Waals surface area contributed by atoms with Crippen LogP contribution in [0, 0.1) is 5.82 Å². The van der Waals surface area contributed by atoms with Crippen molar-refractivity contribution in [3.8, 4) is 0 Å². The highest BCUT2D eigenvalue weighted by atomic mass is 79.9. The maximum absolute atomic E-state index is 14.2. The number of hydrogen-bond donors (Lipinski definition) is 1. The molecule has 1 aliphatic rings. The summed E-state index contributed by atoms with van der Waals surface area (Å²) in [6.45, 7) is 1.33. The molecule has 2 N–H and O–H groups in total. The van der Waals surface area contributed by atoms with E-state index in [1.54, 1.807) is 0 Å². The molecule has 5 heteroatoms. The molecule has 1 aliphatic carbocycles. The second-order valence-electron chi connectivity index (χ2n) is 6.30. The van der Waals surface area contributed by atoms with Crippen molar-refractivity contribution < 1.29 is 4.39 Å². The second-order valence-corrected chi connectivity index (χ2v) is 7.22. The fourth-order valence-electron chi connectivity index (χ4n) is 3.22. The van der Waals surface area contributed by atoms with Crippen LogP contribution in [0.15, 0.2) is 22.7 Å². The molecule has 0 aliphatic heterocycles. The zero-order valence-corrected chi connectivity index (χ0v) is 14.7. The summed E-state index contributed by atoms with van der Waals surface area (Å²) in [6.07, 6.45) is 3.67. The number of hydrogen-bond acceptors (Lipinski definition) is 3. The van der Waals surface area contributed by atoms with Gasteiger partial charge in [-0.1, -0.05) is 22.0 Å². The van der Waals surface area contributed by atoms with Gasteiger partial charge in [-0.2, -0.15) is 0 Å². The highest BCUT2D eigenvalue weighted by Gasteiger charge is 2.40. The summed E-state index contributed by atoms with van der Waals surface area (Å²) in [4.78, 5) is 4.50. The fourth-order valence-corrected chi connectivity index (χ4v) is 3.56. The zero-order valence-electron chi connectivity index (χ0n) is 13.1. The standard InChI is InChI=1S/C16H25BrFN3/c1-20(2)16(7-4-8-16)11-21(3)15(10-19)13-6-5-12(17)9-14(13)18/h5-6,9,15H,4,7-8,10-11,19H2,1-3H3. The van der Waals surface area contributed by atoms with Crippen molar-refractivity contribution in [1.82, 2.24) is 9.80 Å². The third-order valence-electron chi connectivity index (χ3n) is 4.85. The predicted molar refractivity (Wildman–Crippen MR) is 88.8 cm³/mol. The van der Waals surface area contributed by atoms with Crippen LogP contribution in [0.4, 0.5) is 4.39 Å². The van der Waals surface area contributed by atoms with E-state index in [9.17, 15) is 4.39 Å². The second kappa shape index (κ2) is 6.73. The summed E-state index contributed by atoms with van der Waals surface area (Å²) in [5.41, 5.74) is 6.83. The predicted octanol–water partition coefficient (Wildman–Crippen LogP) is 3.00. The van der Waals surface area contributed by atoms with Crippen LogP contribution in [0.5, 0.6) is 0 Å². The summed E-state index contributed by atoms with van der Waals surface area (Å²) in [6, 6.07) is 5.13. The van der Waals surface area contributed by atoms with E-state index in [1.807, 2.05) is 19.2 Å². The number of rotatable bonds is 6. The van der Waals surface area contributed by atoms with Crippen molar-refractivity contribution in [3.63, 3.8) is 0 Å². The van der Waals surface area contributed by atoms with Gasteiger partial charge >= 0.3 is 0 Å². The Hall–Kier alpha value is -0.490. The van der Waals surface area contributed by atoms with E-state index in [-0.39, 0.29) is 17.4 Å². The van der Waals surface area contributed by atoms with Crippen molar-refractivity contribution in [3.05, 3.63) is 34.1 Å². The maximum Gasteiger partial charge on any atom is 0.129 e. The molecule has 3 nitrogen and oxygen atoms in total. The van der Waals surface area contributed by atoms with Gasteiger partial charge < -0.3 is 10.6 Å². The van der Waals surface area contributed by atoms with Crippen LogP contribution in [0.3, 0.4) is 0 Å². The van der Waals surface area contributed by atoms with E-state index >= 15 is 0 Å². The van der Waals surface area contributed by atoms with Crippen LogP contribution in [-0.4, -0.2) is 49.6 Å². The Kier molecular flexibility index (Phi) is 5.41. The molecule has 0 aromatic heterocycles. The van der Waals surface area contributed by atoms with Crippen molar-refractivity contribution >= 4 is 15.9 Å². The SMILES string of the molecule is CN(CC1(N(C)C)CCC1)C(CN)c1ccc(Br)cc1F. The Morgan fingerprint density at radius 3 is 2.43 bits per heavy atom. The van der Waals surface area contributed by atoms with Gasteiger partial charge in [0.25, 0.3) is 0 Å². The van der Waals surface area contributed by atoms with Gasteiger partial charge in [0.2, 0.25) is 0 Å². The lowest BCUT2D eigenvalue weighted by molar-refractivity contribution is 0.0164. The van der Waals surface area contributed by atoms with Gasteiger partial charge in [0, 0.05) is 34.7 Å². The molecule has 0 bridgehead atoms. The summed E-state index contributed by atoms with van der Waals surface area (Å²) in [5.74, 6) is -0.195. The quantitative estimate of drug-likeness (QED) is 0.849. The molecule has 1 aromatic carbocycles. The molecule has 1 atom stereocenters. The Bertz CT molecular complexity index is 488. The summed E-state index contributed by atoms with van der Waals surface area (Å²) >= 11 is 3.30. The molecular formula is C16H25BrFN3. The Morgan fingerprint density at radius 2 is 2.00 bits per heavy atom. The van der Waals surface area contributed by atoms with Crippen molar-refractivity contribution in [2.45, 2.75) is 30.8 Å². The highest BCUT2D eigenvalue weighted by molar-refractivity contribution is 9.10. The number of halogens is 2. The van der Waals surface area contributed by atoms with Gasteiger partial charge in [-0.3, -0.25) is 4.90 Å². The minimum Gasteiger partial charge on any atom is -0.329 e. The molecule has 118 valence electrons. The molecule has 0 radical (unpaired) electrons. The Balaban J connectivity index is 2.17.